The second kappa shape index (κ2) is 6.99. The number of para-hydroxylation sites is 2. The number of fused-ring (bicyclic) bond motifs is 5. The zero-order valence-electron chi connectivity index (χ0n) is 15.7. The highest BCUT2D eigenvalue weighted by Gasteiger charge is 2.61. The fourth-order valence-corrected chi connectivity index (χ4v) is 5.40. The SMILES string of the molecule is O=C(COc1ccccc1N1C(=O)[C@H]2[C@H]3CC[C@@H](C3)[C@@H]2C1=O)c1ccc(Cl)cc1. The van der Waals surface area contributed by atoms with Gasteiger partial charge in [-0.15, -0.1) is 0 Å². The minimum atomic E-state index is -0.203. The lowest BCUT2D eigenvalue weighted by Gasteiger charge is -2.20. The van der Waals surface area contributed by atoms with Gasteiger partial charge in [0.15, 0.2) is 12.4 Å². The Kier molecular flexibility index (Phi) is 4.43. The van der Waals surface area contributed by atoms with Gasteiger partial charge in [0.25, 0.3) is 0 Å². The van der Waals surface area contributed by atoms with Crippen molar-refractivity contribution in [3.63, 3.8) is 0 Å². The number of carbonyl (C=O) groups is 3. The molecule has 1 heterocycles. The molecule has 5 rings (SSSR count). The first kappa shape index (κ1) is 18.4. The summed E-state index contributed by atoms with van der Waals surface area (Å²) in [6, 6.07) is 13.5. The van der Waals surface area contributed by atoms with Crippen molar-refractivity contribution < 1.29 is 19.1 Å². The number of rotatable bonds is 5. The molecule has 1 aliphatic heterocycles. The summed E-state index contributed by atoms with van der Waals surface area (Å²) < 4.78 is 5.76. The maximum atomic E-state index is 13.1. The summed E-state index contributed by atoms with van der Waals surface area (Å²) in [6.45, 7) is -0.188. The van der Waals surface area contributed by atoms with E-state index < -0.39 is 0 Å². The van der Waals surface area contributed by atoms with E-state index in [0.717, 1.165) is 19.3 Å². The number of hydrogen-bond donors (Lipinski definition) is 0. The lowest BCUT2D eigenvalue weighted by atomic mass is 9.81. The van der Waals surface area contributed by atoms with Gasteiger partial charge in [-0.1, -0.05) is 23.7 Å². The van der Waals surface area contributed by atoms with Crippen LogP contribution in [0, 0.1) is 23.7 Å². The number of nitrogens with zero attached hydrogens (tertiary/aromatic N) is 1. The van der Waals surface area contributed by atoms with Crippen molar-refractivity contribution in [1.29, 1.82) is 0 Å². The third-order valence-corrected chi connectivity index (χ3v) is 6.81. The molecule has 0 aromatic heterocycles. The van der Waals surface area contributed by atoms with Gasteiger partial charge in [-0.2, -0.15) is 0 Å². The molecule has 6 heteroatoms. The van der Waals surface area contributed by atoms with Crippen molar-refractivity contribution in [2.75, 3.05) is 11.5 Å². The Bertz CT molecular complexity index is 974. The standard InChI is InChI=1S/C23H20ClNO4/c24-16-9-7-13(8-10-16)18(26)12-29-19-4-2-1-3-17(19)25-22(27)20-14-5-6-15(11-14)21(20)23(25)28/h1-4,7-10,14-15,20-21H,5-6,11-12H2/t14-,15-,20-,21-/m0/s1. The van der Waals surface area contributed by atoms with Crippen molar-refractivity contribution >= 4 is 34.9 Å². The highest BCUT2D eigenvalue weighted by molar-refractivity contribution is 6.30. The predicted octanol–water partition coefficient (Wildman–Crippen LogP) is 4.14. The Hall–Kier alpha value is -2.66. The van der Waals surface area contributed by atoms with Crippen molar-refractivity contribution in [2.45, 2.75) is 19.3 Å². The van der Waals surface area contributed by atoms with Crippen LogP contribution in [0.5, 0.6) is 5.75 Å². The molecule has 0 spiro atoms. The van der Waals surface area contributed by atoms with Gasteiger partial charge in [-0.05, 0) is 67.5 Å². The molecule has 29 heavy (non-hydrogen) atoms. The van der Waals surface area contributed by atoms with Crippen molar-refractivity contribution in [3.05, 3.63) is 59.1 Å². The number of hydrogen-bond acceptors (Lipinski definition) is 4. The summed E-state index contributed by atoms with van der Waals surface area (Å²) in [5.41, 5.74) is 0.923. The van der Waals surface area contributed by atoms with E-state index in [1.807, 2.05) is 0 Å². The number of halogens is 1. The highest BCUT2D eigenvalue weighted by atomic mass is 35.5. The maximum Gasteiger partial charge on any atom is 0.238 e. The van der Waals surface area contributed by atoms with Crippen LogP contribution in [-0.2, 0) is 9.59 Å². The second-order valence-corrected chi connectivity index (χ2v) is 8.52. The van der Waals surface area contributed by atoms with Crippen molar-refractivity contribution in [1.82, 2.24) is 0 Å². The average molecular weight is 410 g/mol. The van der Waals surface area contributed by atoms with E-state index in [1.54, 1.807) is 48.5 Å². The average Bonchev–Trinajstić information content (AvgIpc) is 3.41. The number of imide groups is 1. The third kappa shape index (κ3) is 2.96. The number of anilines is 1. The zero-order valence-corrected chi connectivity index (χ0v) is 16.5. The van der Waals surface area contributed by atoms with Gasteiger partial charge in [0, 0.05) is 10.6 Å². The Balaban J connectivity index is 1.37. The quantitative estimate of drug-likeness (QED) is 0.550. The molecule has 0 unspecified atom stereocenters. The molecular formula is C23H20ClNO4. The van der Waals surface area contributed by atoms with Crippen LogP contribution >= 0.6 is 11.6 Å². The summed E-state index contributed by atoms with van der Waals surface area (Å²) in [5.74, 6) is 0.195. The summed E-state index contributed by atoms with van der Waals surface area (Å²) in [7, 11) is 0. The van der Waals surface area contributed by atoms with Gasteiger partial charge >= 0.3 is 0 Å². The first-order chi connectivity index (χ1) is 14.0. The highest BCUT2D eigenvalue weighted by Crippen LogP contribution is 2.57. The number of ketones is 1. The minimum Gasteiger partial charge on any atom is -0.483 e. The monoisotopic (exact) mass is 409 g/mol. The van der Waals surface area contributed by atoms with Crippen LogP contribution in [0.2, 0.25) is 5.02 Å². The number of Topliss-reactive ketones (excluding diaryl/α,β-unsaturated/α-hetero) is 1. The maximum absolute atomic E-state index is 13.1. The Morgan fingerprint density at radius 3 is 2.24 bits per heavy atom. The molecule has 2 aromatic rings. The second-order valence-electron chi connectivity index (χ2n) is 8.08. The van der Waals surface area contributed by atoms with Gasteiger partial charge in [0.05, 0.1) is 17.5 Å². The fourth-order valence-electron chi connectivity index (χ4n) is 5.27. The first-order valence-corrected chi connectivity index (χ1v) is 10.3. The van der Waals surface area contributed by atoms with Crippen LogP contribution in [0.15, 0.2) is 48.5 Å². The number of ether oxygens (including phenoxy) is 1. The van der Waals surface area contributed by atoms with E-state index in [-0.39, 0.29) is 36.0 Å². The van der Waals surface area contributed by atoms with Gasteiger partial charge in [-0.3, -0.25) is 14.4 Å². The first-order valence-electron chi connectivity index (χ1n) is 9.93. The van der Waals surface area contributed by atoms with E-state index in [0.29, 0.717) is 33.9 Å². The van der Waals surface area contributed by atoms with E-state index in [4.69, 9.17) is 16.3 Å². The van der Waals surface area contributed by atoms with Gasteiger partial charge in [0.1, 0.15) is 5.75 Å². The molecule has 4 atom stereocenters. The van der Waals surface area contributed by atoms with Gasteiger partial charge < -0.3 is 4.74 Å². The summed E-state index contributed by atoms with van der Waals surface area (Å²) in [6.07, 6.45) is 3.06. The molecular weight excluding hydrogens is 390 g/mol. The van der Waals surface area contributed by atoms with E-state index >= 15 is 0 Å². The molecule has 2 aromatic carbocycles. The van der Waals surface area contributed by atoms with Crippen LogP contribution in [0.25, 0.3) is 0 Å². The minimum absolute atomic E-state index is 0.118. The molecule has 2 amide bonds. The molecule has 2 saturated carbocycles. The Morgan fingerprint density at radius 2 is 1.59 bits per heavy atom. The number of amides is 2. The molecule has 3 aliphatic rings. The Labute approximate surface area is 173 Å². The molecule has 2 aliphatic carbocycles. The lowest BCUT2D eigenvalue weighted by Crippen LogP contribution is -2.33. The molecule has 0 N–H and O–H groups in total. The zero-order chi connectivity index (χ0) is 20.1. The topological polar surface area (TPSA) is 63.7 Å². The molecule has 0 radical (unpaired) electrons. The predicted molar refractivity (Wildman–Crippen MR) is 108 cm³/mol. The Morgan fingerprint density at radius 1 is 0.966 bits per heavy atom. The van der Waals surface area contributed by atoms with Crippen molar-refractivity contribution in [3.8, 4) is 5.75 Å². The number of carbonyl (C=O) groups excluding carboxylic acids is 3. The van der Waals surface area contributed by atoms with Gasteiger partial charge in [-0.25, -0.2) is 4.90 Å². The fraction of sp³-hybridized carbons (Fsp3) is 0.348. The molecule has 5 nitrogen and oxygen atoms in total. The molecule has 1 saturated heterocycles. The lowest BCUT2D eigenvalue weighted by molar-refractivity contribution is -0.123. The van der Waals surface area contributed by atoms with Crippen LogP contribution in [0.4, 0.5) is 5.69 Å². The van der Waals surface area contributed by atoms with Crippen LogP contribution < -0.4 is 9.64 Å². The molecule has 2 bridgehead atoms. The summed E-state index contributed by atoms with van der Waals surface area (Å²) >= 11 is 5.86. The van der Waals surface area contributed by atoms with Crippen LogP contribution in [0.1, 0.15) is 29.6 Å². The van der Waals surface area contributed by atoms with E-state index in [1.165, 1.54) is 4.90 Å². The molecule has 148 valence electrons. The summed E-state index contributed by atoms with van der Waals surface area (Å²) in [4.78, 5) is 39.9. The molecule has 3 fully saturated rings. The van der Waals surface area contributed by atoms with Crippen LogP contribution in [0.3, 0.4) is 0 Å². The third-order valence-electron chi connectivity index (χ3n) is 6.56. The van der Waals surface area contributed by atoms with E-state index in [9.17, 15) is 14.4 Å². The van der Waals surface area contributed by atoms with E-state index in [2.05, 4.69) is 0 Å². The van der Waals surface area contributed by atoms with Crippen LogP contribution in [-0.4, -0.2) is 24.2 Å². The van der Waals surface area contributed by atoms with Gasteiger partial charge in [0.2, 0.25) is 11.8 Å². The summed E-state index contributed by atoms with van der Waals surface area (Å²) in [5, 5.41) is 0.554. The number of benzene rings is 2. The normalized spacial score (nSPS) is 27.4. The van der Waals surface area contributed by atoms with Crippen molar-refractivity contribution in [2.24, 2.45) is 23.7 Å². The largest absolute Gasteiger partial charge is 0.483 e. The smallest absolute Gasteiger partial charge is 0.238 e.